The zero-order valence-electron chi connectivity index (χ0n) is 18.3. The minimum absolute atomic E-state index is 0.000152. The highest BCUT2D eigenvalue weighted by Crippen LogP contribution is 2.42. The van der Waals surface area contributed by atoms with E-state index in [-0.39, 0.29) is 17.4 Å². The lowest BCUT2D eigenvalue weighted by Crippen LogP contribution is -2.46. The van der Waals surface area contributed by atoms with Crippen molar-refractivity contribution in [1.82, 2.24) is 24.5 Å². The van der Waals surface area contributed by atoms with Gasteiger partial charge >= 0.3 is 0 Å². The minimum Gasteiger partial charge on any atom is -0.341 e. The molecule has 0 spiro atoms. The van der Waals surface area contributed by atoms with E-state index in [2.05, 4.69) is 45.6 Å². The molecule has 1 N–H and O–H groups in total. The molecule has 1 aromatic carbocycles. The van der Waals surface area contributed by atoms with Gasteiger partial charge in [-0.2, -0.15) is 0 Å². The van der Waals surface area contributed by atoms with Crippen molar-refractivity contribution < 1.29 is 4.79 Å². The normalized spacial score (nSPS) is 16.3. The molecule has 0 fully saturated rings. The van der Waals surface area contributed by atoms with Crippen molar-refractivity contribution in [3.05, 3.63) is 33.9 Å². The Balaban J connectivity index is 1.48. The van der Waals surface area contributed by atoms with Gasteiger partial charge in [0, 0.05) is 23.4 Å². The van der Waals surface area contributed by atoms with Crippen molar-refractivity contribution in [2.45, 2.75) is 45.6 Å². The third-order valence-electron chi connectivity index (χ3n) is 6.12. The van der Waals surface area contributed by atoms with Crippen LogP contribution < -0.4 is 5.32 Å². The van der Waals surface area contributed by atoms with Crippen LogP contribution >= 0.6 is 34.5 Å². The number of aryl methyl sites for hydroxylation is 1. The molecule has 3 heterocycles. The summed E-state index contributed by atoms with van der Waals surface area (Å²) in [5, 5.41) is 9.08. The lowest BCUT2D eigenvalue weighted by molar-refractivity contribution is -0.138. The van der Waals surface area contributed by atoms with Gasteiger partial charge in [0.15, 0.2) is 0 Å². The molecule has 10 heteroatoms. The quantitative estimate of drug-likeness (QED) is 0.414. The average Bonchev–Trinajstić information content (AvgIpc) is 3.35. The standard InChI is InChI=1S/C22H23ClN6OS2/c1-22(2,3)29(4)21(30)11-5-6-12-16(7-11)31-20-18(12)19(24-10-25-20)26-14-9-17-15(8-13(14)23)27-28-32-17/h8-11H,5-7H2,1-4H3,(H,24,25,26)/t11-/m0/s1. The summed E-state index contributed by atoms with van der Waals surface area (Å²) < 4.78 is 4.95. The SMILES string of the molecule is CN(C(=O)[C@H]1CCc2c(sc3ncnc(Nc4cc5snnc5cc4Cl)c23)C1)C(C)(C)C. The van der Waals surface area contributed by atoms with E-state index in [1.165, 1.54) is 22.0 Å². The molecule has 5 rings (SSSR count). The molecule has 0 radical (unpaired) electrons. The third-order valence-corrected chi connectivity index (χ3v) is 8.28. The lowest BCUT2D eigenvalue weighted by atomic mass is 9.86. The molecule has 3 aromatic heterocycles. The monoisotopic (exact) mass is 486 g/mol. The number of carbonyl (C=O) groups excluding carboxylic acids is 1. The van der Waals surface area contributed by atoms with Crippen molar-refractivity contribution in [1.29, 1.82) is 0 Å². The fourth-order valence-electron chi connectivity index (χ4n) is 4.05. The summed E-state index contributed by atoms with van der Waals surface area (Å²) in [5.74, 6) is 0.950. The van der Waals surface area contributed by atoms with Crippen molar-refractivity contribution in [2.24, 2.45) is 5.92 Å². The van der Waals surface area contributed by atoms with E-state index in [9.17, 15) is 4.79 Å². The van der Waals surface area contributed by atoms with Crippen LogP contribution in [-0.4, -0.2) is 42.9 Å². The van der Waals surface area contributed by atoms with Crippen LogP contribution in [0, 0.1) is 5.92 Å². The second-order valence-electron chi connectivity index (χ2n) is 9.11. The number of rotatable bonds is 3. The summed E-state index contributed by atoms with van der Waals surface area (Å²) in [4.78, 5) is 26.1. The van der Waals surface area contributed by atoms with Crippen LogP contribution in [-0.2, 0) is 17.6 Å². The molecule has 1 aliphatic rings. The smallest absolute Gasteiger partial charge is 0.226 e. The van der Waals surface area contributed by atoms with Crippen LogP contribution in [0.5, 0.6) is 0 Å². The molecule has 0 saturated carbocycles. The highest BCUT2D eigenvalue weighted by atomic mass is 35.5. The van der Waals surface area contributed by atoms with Gasteiger partial charge in [0.05, 0.1) is 20.8 Å². The van der Waals surface area contributed by atoms with Crippen LogP contribution in [0.4, 0.5) is 11.5 Å². The number of hydrogen-bond acceptors (Lipinski definition) is 8. The van der Waals surface area contributed by atoms with Gasteiger partial charge in [0.25, 0.3) is 0 Å². The topological polar surface area (TPSA) is 83.9 Å². The fraction of sp³-hybridized carbons (Fsp3) is 0.409. The van der Waals surface area contributed by atoms with E-state index in [4.69, 9.17) is 11.6 Å². The number of halogens is 1. The number of fused-ring (bicyclic) bond motifs is 4. The Morgan fingerprint density at radius 2 is 2.09 bits per heavy atom. The largest absolute Gasteiger partial charge is 0.341 e. The van der Waals surface area contributed by atoms with Crippen molar-refractivity contribution >= 4 is 72.3 Å². The zero-order chi connectivity index (χ0) is 22.6. The van der Waals surface area contributed by atoms with Crippen LogP contribution in [0.3, 0.4) is 0 Å². The van der Waals surface area contributed by atoms with Crippen LogP contribution in [0.1, 0.15) is 37.6 Å². The Kier molecular flexibility index (Phi) is 5.30. The molecule has 1 aliphatic carbocycles. The number of benzene rings is 1. The molecule has 1 amide bonds. The molecular weight excluding hydrogens is 464 g/mol. The van der Waals surface area contributed by atoms with Gasteiger partial charge < -0.3 is 10.2 Å². The number of nitrogens with one attached hydrogen (secondary N) is 1. The molecule has 166 valence electrons. The van der Waals surface area contributed by atoms with Gasteiger partial charge in [0.2, 0.25) is 5.91 Å². The number of amides is 1. The molecule has 1 atom stereocenters. The van der Waals surface area contributed by atoms with Gasteiger partial charge in [0.1, 0.15) is 22.5 Å². The number of anilines is 2. The van der Waals surface area contributed by atoms with Gasteiger partial charge in [-0.05, 0) is 69.3 Å². The van der Waals surface area contributed by atoms with E-state index >= 15 is 0 Å². The molecule has 0 unspecified atom stereocenters. The average molecular weight is 487 g/mol. The van der Waals surface area contributed by atoms with Crippen molar-refractivity contribution in [2.75, 3.05) is 12.4 Å². The van der Waals surface area contributed by atoms with E-state index in [1.54, 1.807) is 17.7 Å². The van der Waals surface area contributed by atoms with Crippen LogP contribution in [0.15, 0.2) is 18.5 Å². The number of carbonyl (C=O) groups is 1. The summed E-state index contributed by atoms with van der Waals surface area (Å²) in [6.07, 6.45) is 3.97. The summed E-state index contributed by atoms with van der Waals surface area (Å²) in [6.45, 7) is 6.20. The van der Waals surface area contributed by atoms with Crippen molar-refractivity contribution in [3.8, 4) is 0 Å². The predicted molar refractivity (Wildman–Crippen MR) is 131 cm³/mol. The Hall–Kier alpha value is -2.36. The Bertz CT molecular complexity index is 1340. The number of nitrogens with zero attached hydrogens (tertiary/aromatic N) is 5. The zero-order valence-corrected chi connectivity index (χ0v) is 20.7. The predicted octanol–water partition coefficient (Wildman–Crippen LogP) is 5.45. The summed E-state index contributed by atoms with van der Waals surface area (Å²) in [7, 11) is 1.90. The Morgan fingerprint density at radius 3 is 2.88 bits per heavy atom. The first-order valence-corrected chi connectivity index (χ1v) is 12.4. The molecule has 32 heavy (non-hydrogen) atoms. The van der Waals surface area contributed by atoms with Crippen LogP contribution in [0.25, 0.3) is 20.4 Å². The highest BCUT2D eigenvalue weighted by Gasteiger charge is 2.33. The maximum Gasteiger partial charge on any atom is 0.226 e. The van der Waals surface area contributed by atoms with E-state index in [0.717, 1.165) is 51.2 Å². The molecular formula is C22H23ClN6OS2. The molecule has 0 bridgehead atoms. The number of hydrogen-bond donors (Lipinski definition) is 1. The van der Waals surface area contributed by atoms with Crippen molar-refractivity contribution in [3.63, 3.8) is 0 Å². The Labute approximate surface area is 199 Å². The molecule has 7 nitrogen and oxygen atoms in total. The molecule has 4 aromatic rings. The first-order chi connectivity index (χ1) is 15.2. The minimum atomic E-state index is -0.186. The first-order valence-electron chi connectivity index (χ1n) is 10.4. The Morgan fingerprint density at radius 1 is 1.28 bits per heavy atom. The molecule has 0 saturated heterocycles. The van der Waals surface area contributed by atoms with E-state index in [0.29, 0.717) is 5.02 Å². The highest BCUT2D eigenvalue weighted by molar-refractivity contribution is 7.19. The van der Waals surface area contributed by atoms with Gasteiger partial charge in [-0.1, -0.05) is 16.1 Å². The van der Waals surface area contributed by atoms with Gasteiger partial charge in [-0.15, -0.1) is 16.4 Å². The number of aromatic nitrogens is 4. The third kappa shape index (κ3) is 3.72. The maximum atomic E-state index is 13.1. The second kappa shape index (κ2) is 7.90. The van der Waals surface area contributed by atoms with Gasteiger partial charge in [-0.25, -0.2) is 9.97 Å². The van der Waals surface area contributed by atoms with E-state index in [1.807, 2.05) is 24.1 Å². The van der Waals surface area contributed by atoms with Crippen LogP contribution in [0.2, 0.25) is 5.02 Å². The van der Waals surface area contributed by atoms with E-state index < -0.39 is 0 Å². The second-order valence-corrected chi connectivity index (χ2v) is 11.4. The van der Waals surface area contributed by atoms with Gasteiger partial charge in [-0.3, -0.25) is 4.79 Å². The summed E-state index contributed by atoms with van der Waals surface area (Å²) in [6, 6.07) is 3.76. The lowest BCUT2D eigenvalue weighted by Gasteiger charge is -2.35. The summed E-state index contributed by atoms with van der Waals surface area (Å²) in [5.41, 5.74) is 2.60. The molecule has 0 aliphatic heterocycles. The first kappa shape index (κ1) is 21.5. The summed E-state index contributed by atoms with van der Waals surface area (Å²) >= 11 is 9.48. The fourth-order valence-corrected chi connectivity index (χ4v) is 6.10. The number of thiophene rings is 1. The maximum absolute atomic E-state index is 13.1.